The van der Waals surface area contributed by atoms with E-state index in [-0.39, 0.29) is 24.2 Å². The third-order valence-electron chi connectivity index (χ3n) is 3.41. The summed E-state index contributed by atoms with van der Waals surface area (Å²) < 4.78 is 14.1. The third kappa shape index (κ3) is 4.67. The first-order chi connectivity index (χ1) is 10.6. The van der Waals surface area contributed by atoms with Gasteiger partial charge in [-0.15, -0.1) is 0 Å². The Morgan fingerprint density at radius 1 is 1.14 bits per heavy atom. The topological polar surface area (TPSA) is 55.1 Å². The van der Waals surface area contributed by atoms with Gasteiger partial charge in [0.25, 0.3) is 0 Å². The van der Waals surface area contributed by atoms with Crippen LogP contribution in [0.1, 0.15) is 30.5 Å². The minimum absolute atomic E-state index is 0.167. The molecule has 0 aliphatic heterocycles. The quantitative estimate of drug-likeness (QED) is 0.861. The molecule has 3 nitrogen and oxygen atoms in total. The summed E-state index contributed by atoms with van der Waals surface area (Å²) in [5, 5.41) is 2.90. The number of halogens is 1. The molecule has 1 amide bonds. The number of benzene rings is 2. The molecule has 0 radical (unpaired) electrons. The van der Waals surface area contributed by atoms with Crippen LogP contribution in [0.5, 0.6) is 0 Å². The van der Waals surface area contributed by atoms with Gasteiger partial charge in [0.2, 0.25) is 5.91 Å². The van der Waals surface area contributed by atoms with Crippen LogP contribution in [-0.2, 0) is 11.2 Å². The summed E-state index contributed by atoms with van der Waals surface area (Å²) in [4.78, 5) is 12.0. The van der Waals surface area contributed by atoms with Gasteiger partial charge in [-0.3, -0.25) is 4.79 Å². The second kappa shape index (κ2) is 7.71. The van der Waals surface area contributed by atoms with Crippen molar-refractivity contribution in [3.63, 3.8) is 0 Å². The van der Waals surface area contributed by atoms with Crippen molar-refractivity contribution in [2.75, 3.05) is 0 Å². The predicted molar refractivity (Wildman–Crippen MR) is 85.7 cm³/mol. The van der Waals surface area contributed by atoms with Crippen LogP contribution in [0, 0.1) is 5.82 Å². The standard InChI is InChI=1S/C18H21FN2O/c1-13(20)11-18(22)21-17(12-14-7-3-2-4-8-14)15-9-5-6-10-16(15)19/h2-10,13,17H,11-12,20H2,1H3,(H,21,22). The molecule has 3 N–H and O–H groups in total. The summed E-state index contributed by atoms with van der Waals surface area (Å²) in [6.07, 6.45) is 0.756. The van der Waals surface area contributed by atoms with E-state index in [9.17, 15) is 9.18 Å². The Bertz CT molecular complexity index is 613. The average molecular weight is 300 g/mol. The summed E-state index contributed by atoms with van der Waals surface area (Å²) in [5.41, 5.74) is 7.18. The molecule has 2 aromatic rings. The number of nitrogens with one attached hydrogen (secondary N) is 1. The Balaban J connectivity index is 2.21. The van der Waals surface area contributed by atoms with E-state index in [0.29, 0.717) is 12.0 Å². The SMILES string of the molecule is CC(N)CC(=O)NC(Cc1ccccc1)c1ccccc1F. The van der Waals surface area contributed by atoms with Gasteiger partial charge in [-0.25, -0.2) is 4.39 Å². The molecule has 0 bridgehead atoms. The van der Waals surface area contributed by atoms with Gasteiger partial charge in [-0.2, -0.15) is 0 Å². The molecule has 4 heteroatoms. The van der Waals surface area contributed by atoms with Crippen LogP contribution in [0.2, 0.25) is 0 Å². The molecular formula is C18H21FN2O. The van der Waals surface area contributed by atoms with E-state index in [2.05, 4.69) is 5.32 Å². The molecule has 0 aliphatic carbocycles. The van der Waals surface area contributed by atoms with E-state index in [0.717, 1.165) is 5.56 Å². The first-order valence-corrected chi connectivity index (χ1v) is 7.39. The fourth-order valence-electron chi connectivity index (χ4n) is 2.39. The van der Waals surface area contributed by atoms with Gasteiger partial charge in [-0.05, 0) is 25.0 Å². The molecular weight excluding hydrogens is 279 g/mol. The number of amides is 1. The van der Waals surface area contributed by atoms with Gasteiger partial charge in [0.15, 0.2) is 0 Å². The summed E-state index contributed by atoms with van der Waals surface area (Å²) in [6, 6.07) is 15.6. The van der Waals surface area contributed by atoms with E-state index < -0.39 is 6.04 Å². The van der Waals surface area contributed by atoms with Crippen molar-refractivity contribution in [3.05, 3.63) is 71.5 Å². The van der Waals surface area contributed by atoms with Crippen molar-refractivity contribution in [1.82, 2.24) is 5.32 Å². The second-order valence-electron chi connectivity index (χ2n) is 5.51. The smallest absolute Gasteiger partial charge is 0.222 e. The fourth-order valence-corrected chi connectivity index (χ4v) is 2.39. The average Bonchev–Trinajstić information content (AvgIpc) is 2.47. The Labute approximate surface area is 130 Å². The van der Waals surface area contributed by atoms with Crippen LogP contribution in [-0.4, -0.2) is 11.9 Å². The van der Waals surface area contributed by atoms with Crippen molar-refractivity contribution >= 4 is 5.91 Å². The molecule has 22 heavy (non-hydrogen) atoms. The van der Waals surface area contributed by atoms with Crippen molar-refractivity contribution in [2.45, 2.75) is 31.8 Å². The molecule has 2 rings (SSSR count). The van der Waals surface area contributed by atoms with E-state index in [4.69, 9.17) is 5.73 Å². The molecule has 0 heterocycles. The number of hydrogen-bond donors (Lipinski definition) is 2. The lowest BCUT2D eigenvalue weighted by molar-refractivity contribution is -0.122. The number of carbonyl (C=O) groups is 1. The molecule has 0 spiro atoms. The Kier molecular flexibility index (Phi) is 5.67. The van der Waals surface area contributed by atoms with Crippen LogP contribution < -0.4 is 11.1 Å². The van der Waals surface area contributed by atoms with E-state index in [1.165, 1.54) is 6.07 Å². The normalized spacial score (nSPS) is 13.4. The number of carbonyl (C=O) groups excluding carboxylic acids is 1. The molecule has 116 valence electrons. The zero-order chi connectivity index (χ0) is 15.9. The first kappa shape index (κ1) is 16.2. The lowest BCUT2D eigenvalue weighted by Gasteiger charge is -2.20. The minimum atomic E-state index is -0.408. The van der Waals surface area contributed by atoms with Gasteiger partial charge in [0.1, 0.15) is 5.82 Å². The van der Waals surface area contributed by atoms with Gasteiger partial charge in [0.05, 0.1) is 6.04 Å². The maximum atomic E-state index is 14.1. The maximum absolute atomic E-state index is 14.1. The predicted octanol–water partition coefficient (Wildman–Crippen LogP) is 2.96. The summed E-state index contributed by atoms with van der Waals surface area (Å²) >= 11 is 0. The monoisotopic (exact) mass is 300 g/mol. The van der Waals surface area contributed by atoms with Crippen molar-refractivity contribution in [2.24, 2.45) is 5.73 Å². The second-order valence-corrected chi connectivity index (χ2v) is 5.51. The molecule has 0 fully saturated rings. The fraction of sp³-hybridized carbons (Fsp3) is 0.278. The number of rotatable bonds is 6. The largest absolute Gasteiger partial charge is 0.349 e. The van der Waals surface area contributed by atoms with Gasteiger partial charge in [-0.1, -0.05) is 48.5 Å². The Hall–Kier alpha value is -2.20. The van der Waals surface area contributed by atoms with E-state index in [1.54, 1.807) is 25.1 Å². The highest BCUT2D eigenvalue weighted by Gasteiger charge is 2.19. The number of hydrogen-bond acceptors (Lipinski definition) is 2. The van der Waals surface area contributed by atoms with Gasteiger partial charge >= 0.3 is 0 Å². The molecule has 0 saturated carbocycles. The van der Waals surface area contributed by atoms with E-state index >= 15 is 0 Å². The highest BCUT2D eigenvalue weighted by Crippen LogP contribution is 2.21. The van der Waals surface area contributed by atoms with Gasteiger partial charge in [0, 0.05) is 18.0 Å². The van der Waals surface area contributed by atoms with Crippen LogP contribution in [0.4, 0.5) is 4.39 Å². The highest BCUT2D eigenvalue weighted by molar-refractivity contribution is 5.77. The van der Waals surface area contributed by atoms with Crippen molar-refractivity contribution < 1.29 is 9.18 Å². The Morgan fingerprint density at radius 3 is 2.41 bits per heavy atom. The van der Waals surface area contributed by atoms with Crippen LogP contribution in [0.3, 0.4) is 0 Å². The molecule has 2 atom stereocenters. The molecule has 0 saturated heterocycles. The van der Waals surface area contributed by atoms with Crippen LogP contribution in [0.25, 0.3) is 0 Å². The molecule has 0 aliphatic rings. The van der Waals surface area contributed by atoms with Crippen molar-refractivity contribution in [3.8, 4) is 0 Å². The summed E-state index contributed by atoms with van der Waals surface area (Å²) in [7, 11) is 0. The molecule has 2 unspecified atom stereocenters. The summed E-state index contributed by atoms with van der Waals surface area (Å²) in [5.74, 6) is -0.483. The minimum Gasteiger partial charge on any atom is -0.349 e. The van der Waals surface area contributed by atoms with Gasteiger partial charge < -0.3 is 11.1 Å². The lowest BCUT2D eigenvalue weighted by Crippen LogP contribution is -2.34. The van der Waals surface area contributed by atoms with Crippen LogP contribution >= 0.6 is 0 Å². The summed E-state index contributed by atoms with van der Waals surface area (Å²) in [6.45, 7) is 1.77. The third-order valence-corrected chi connectivity index (χ3v) is 3.41. The highest BCUT2D eigenvalue weighted by atomic mass is 19.1. The molecule has 0 aromatic heterocycles. The van der Waals surface area contributed by atoms with E-state index in [1.807, 2.05) is 30.3 Å². The van der Waals surface area contributed by atoms with Crippen LogP contribution in [0.15, 0.2) is 54.6 Å². The Morgan fingerprint density at radius 2 is 1.77 bits per heavy atom. The lowest BCUT2D eigenvalue weighted by atomic mass is 9.98. The zero-order valence-corrected chi connectivity index (χ0v) is 12.6. The maximum Gasteiger partial charge on any atom is 0.222 e. The first-order valence-electron chi connectivity index (χ1n) is 7.39. The molecule has 2 aromatic carbocycles. The zero-order valence-electron chi connectivity index (χ0n) is 12.6. The number of nitrogens with two attached hydrogens (primary N) is 1. The van der Waals surface area contributed by atoms with Crippen molar-refractivity contribution in [1.29, 1.82) is 0 Å².